The van der Waals surface area contributed by atoms with Crippen LogP contribution in [0.5, 0.6) is 0 Å². The van der Waals surface area contributed by atoms with E-state index in [2.05, 4.69) is 15.9 Å². The maximum absolute atomic E-state index is 12.1. The largest absolute Gasteiger partial charge is 0.465 e. The minimum absolute atomic E-state index is 0.0498. The van der Waals surface area contributed by atoms with Crippen molar-refractivity contribution in [1.82, 2.24) is 0 Å². The Balaban J connectivity index is 1.29. The van der Waals surface area contributed by atoms with E-state index in [1.54, 1.807) is 0 Å². The van der Waals surface area contributed by atoms with E-state index < -0.39 is 0 Å². The summed E-state index contributed by atoms with van der Waals surface area (Å²) in [6.07, 6.45) is 9.02. The van der Waals surface area contributed by atoms with Crippen molar-refractivity contribution in [3.05, 3.63) is 12.2 Å². The van der Waals surface area contributed by atoms with Crippen LogP contribution in [0, 0.1) is 29.6 Å². The monoisotopic (exact) mass is 384 g/mol. The number of hydrogen-bond acceptors (Lipinski definition) is 4. The molecule has 23 heavy (non-hydrogen) atoms. The van der Waals surface area contributed by atoms with Crippen molar-refractivity contribution in [2.75, 3.05) is 6.61 Å². The summed E-state index contributed by atoms with van der Waals surface area (Å²) in [7, 11) is 0. The van der Waals surface area contributed by atoms with Crippen LogP contribution >= 0.6 is 15.9 Å². The van der Waals surface area contributed by atoms with Crippen LogP contribution in [0.3, 0.4) is 0 Å². The van der Waals surface area contributed by atoms with E-state index in [9.17, 15) is 4.79 Å². The van der Waals surface area contributed by atoms with Gasteiger partial charge >= 0.3 is 5.97 Å². The third-order valence-electron chi connectivity index (χ3n) is 6.23. The first-order chi connectivity index (χ1) is 11.1. The van der Waals surface area contributed by atoms with Crippen molar-refractivity contribution in [2.45, 2.75) is 56.1 Å². The van der Waals surface area contributed by atoms with Gasteiger partial charge in [-0.1, -0.05) is 28.1 Å². The molecular formula is C18H25BrO4. The topological polar surface area (TPSA) is 44.8 Å². The summed E-state index contributed by atoms with van der Waals surface area (Å²) in [6.45, 7) is 2.47. The molecule has 0 aromatic heterocycles. The quantitative estimate of drug-likeness (QED) is 0.321. The third-order valence-corrected chi connectivity index (χ3v) is 7.66. The van der Waals surface area contributed by atoms with Gasteiger partial charge in [-0.15, -0.1) is 0 Å². The fourth-order valence-corrected chi connectivity index (χ4v) is 6.28. The van der Waals surface area contributed by atoms with Gasteiger partial charge in [0, 0.05) is 4.83 Å². The fourth-order valence-electron chi connectivity index (χ4n) is 5.24. The number of carbonyl (C=O) groups is 1. The molecule has 4 nitrogen and oxygen atoms in total. The highest BCUT2D eigenvalue weighted by Gasteiger charge is 2.52. The maximum atomic E-state index is 12.1. The Morgan fingerprint density at radius 2 is 2.00 bits per heavy atom. The molecule has 0 radical (unpaired) electrons. The summed E-state index contributed by atoms with van der Waals surface area (Å²) in [5.74, 6) is 3.57. The number of alkyl halides is 1. The van der Waals surface area contributed by atoms with Gasteiger partial charge in [-0.25, -0.2) is 9.78 Å². The lowest BCUT2D eigenvalue weighted by Gasteiger charge is -2.56. The number of hydrogen-bond donors (Lipinski definition) is 0. The average molecular weight is 385 g/mol. The molecule has 1 heterocycles. The molecule has 4 bridgehead atoms. The van der Waals surface area contributed by atoms with E-state index in [0.29, 0.717) is 23.3 Å². The maximum Gasteiger partial charge on any atom is 0.308 e. The second-order valence-electron chi connectivity index (χ2n) is 7.81. The van der Waals surface area contributed by atoms with Crippen molar-refractivity contribution in [1.29, 1.82) is 0 Å². The van der Waals surface area contributed by atoms with E-state index in [1.807, 2.05) is 19.1 Å². The van der Waals surface area contributed by atoms with E-state index in [1.165, 1.54) is 25.7 Å². The standard InChI is InChI=1S/C18H25BrO4/c1-10-2-3-14(23-22-10)8-17(20)21-9-16-12-4-11-5-13(7-12)18(19)15(16)6-11/h2-3,10-16,18H,4-9H2,1H3/t10-,11-,12+,13-,14?,15+,16?,18?/m1/s1. The SMILES string of the molecule is C[C@@H]1C=CC(CC(=O)OCC2[C@H]3C[C@@H]4C[C@H](C3)C(Br)[C@H]2C4)OO1. The number of halogens is 1. The van der Waals surface area contributed by atoms with Crippen molar-refractivity contribution in [3.63, 3.8) is 0 Å². The molecule has 128 valence electrons. The molecular weight excluding hydrogens is 360 g/mol. The third kappa shape index (κ3) is 3.24. The second-order valence-corrected chi connectivity index (χ2v) is 8.87. The summed E-state index contributed by atoms with van der Waals surface area (Å²) in [6, 6.07) is 0. The Morgan fingerprint density at radius 3 is 2.78 bits per heavy atom. The Hall–Kier alpha value is -0.390. The average Bonchev–Trinajstić information content (AvgIpc) is 2.53. The predicted octanol–water partition coefficient (Wildman–Crippen LogP) is 3.64. The highest BCUT2D eigenvalue weighted by atomic mass is 79.9. The minimum atomic E-state index is -0.318. The first-order valence-corrected chi connectivity index (χ1v) is 9.82. The van der Waals surface area contributed by atoms with E-state index in [0.717, 1.165) is 17.8 Å². The van der Waals surface area contributed by atoms with Crippen LogP contribution in [0.1, 0.15) is 39.0 Å². The van der Waals surface area contributed by atoms with Crippen molar-refractivity contribution >= 4 is 21.9 Å². The molecule has 0 spiro atoms. The van der Waals surface area contributed by atoms with Gasteiger partial charge < -0.3 is 4.74 Å². The molecule has 8 atom stereocenters. The minimum Gasteiger partial charge on any atom is -0.465 e. The molecule has 4 fully saturated rings. The Bertz CT molecular complexity index is 493. The van der Waals surface area contributed by atoms with Gasteiger partial charge in [-0.2, -0.15) is 0 Å². The molecule has 5 heteroatoms. The fraction of sp³-hybridized carbons (Fsp3) is 0.833. The van der Waals surface area contributed by atoms with Crippen molar-refractivity contribution in [3.8, 4) is 0 Å². The van der Waals surface area contributed by atoms with Crippen LogP contribution in [-0.2, 0) is 19.3 Å². The number of ether oxygens (including phenoxy) is 1. The highest BCUT2D eigenvalue weighted by Crippen LogP contribution is 2.58. The molecule has 0 saturated heterocycles. The van der Waals surface area contributed by atoms with Crippen LogP contribution in [0.2, 0.25) is 0 Å². The molecule has 5 aliphatic rings. The lowest BCUT2D eigenvalue weighted by Crippen LogP contribution is -2.52. The van der Waals surface area contributed by atoms with Gasteiger partial charge in [0.25, 0.3) is 0 Å². The van der Waals surface area contributed by atoms with Crippen LogP contribution < -0.4 is 0 Å². The molecule has 4 aliphatic carbocycles. The molecule has 0 aromatic rings. The van der Waals surface area contributed by atoms with Gasteiger partial charge in [0.1, 0.15) is 12.2 Å². The molecule has 4 saturated carbocycles. The normalized spacial score (nSPS) is 47.7. The highest BCUT2D eigenvalue weighted by molar-refractivity contribution is 9.09. The van der Waals surface area contributed by atoms with E-state index in [-0.39, 0.29) is 24.6 Å². The molecule has 5 rings (SSSR count). The smallest absolute Gasteiger partial charge is 0.308 e. The summed E-state index contributed by atoms with van der Waals surface area (Å²) in [4.78, 5) is 23.0. The summed E-state index contributed by atoms with van der Waals surface area (Å²) in [5.41, 5.74) is 0. The van der Waals surface area contributed by atoms with Gasteiger partial charge in [0.15, 0.2) is 0 Å². The summed E-state index contributed by atoms with van der Waals surface area (Å²) >= 11 is 3.93. The van der Waals surface area contributed by atoms with Gasteiger partial charge in [-0.05, 0) is 62.2 Å². The van der Waals surface area contributed by atoms with Crippen molar-refractivity contribution in [2.24, 2.45) is 29.6 Å². The van der Waals surface area contributed by atoms with Gasteiger partial charge in [-0.3, -0.25) is 4.79 Å². The number of rotatable bonds is 4. The van der Waals surface area contributed by atoms with Gasteiger partial charge in [0.2, 0.25) is 0 Å². The lowest BCUT2D eigenvalue weighted by molar-refractivity contribution is -0.336. The molecule has 1 aliphatic heterocycles. The zero-order valence-corrected chi connectivity index (χ0v) is 15.1. The van der Waals surface area contributed by atoms with Crippen LogP contribution in [0.4, 0.5) is 0 Å². The van der Waals surface area contributed by atoms with Crippen LogP contribution in [0.15, 0.2) is 12.2 Å². The van der Waals surface area contributed by atoms with Gasteiger partial charge in [0.05, 0.1) is 13.0 Å². The Kier molecular flexibility index (Phi) is 4.54. The number of carbonyl (C=O) groups excluding carboxylic acids is 1. The van der Waals surface area contributed by atoms with E-state index in [4.69, 9.17) is 14.5 Å². The Morgan fingerprint density at radius 1 is 1.17 bits per heavy atom. The Labute approximate surface area is 146 Å². The summed E-state index contributed by atoms with van der Waals surface area (Å²) < 4.78 is 5.62. The first kappa shape index (κ1) is 16.1. The van der Waals surface area contributed by atoms with Crippen LogP contribution in [0.25, 0.3) is 0 Å². The molecule has 3 unspecified atom stereocenters. The molecule has 0 amide bonds. The lowest BCUT2D eigenvalue weighted by atomic mass is 9.52. The van der Waals surface area contributed by atoms with Crippen LogP contribution in [-0.4, -0.2) is 29.6 Å². The first-order valence-electron chi connectivity index (χ1n) is 8.90. The summed E-state index contributed by atoms with van der Waals surface area (Å²) in [5, 5.41) is 0. The van der Waals surface area contributed by atoms with E-state index >= 15 is 0 Å². The van der Waals surface area contributed by atoms with Crippen molar-refractivity contribution < 1.29 is 19.3 Å². The second kappa shape index (κ2) is 6.49. The zero-order chi connectivity index (χ0) is 16.0. The molecule has 0 N–H and O–H groups in total. The zero-order valence-electron chi connectivity index (χ0n) is 13.5. The molecule has 0 aromatic carbocycles. The number of esters is 1. The predicted molar refractivity (Wildman–Crippen MR) is 88.8 cm³/mol.